The van der Waals surface area contributed by atoms with Crippen LogP contribution < -0.4 is 4.74 Å². The van der Waals surface area contributed by atoms with Gasteiger partial charge in [0.25, 0.3) is 0 Å². The third-order valence-electron chi connectivity index (χ3n) is 4.35. The molecule has 0 fully saturated rings. The van der Waals surface area contributed by atoms with Gasteiger partial charge < -0.3 is 9.47 Å². The minimum absolute atomic E-state index is 0.224. The van der Waals surface area contributed by atoms with Crippen molar-refractivity contribution in [1.82, 2.24) is 9.88 Å². The standard InChI is InChI=1S/C22H24N2O3/c1-24(16-18-7-3-6-17(14-18)15-21(25)26-2)12-13-27-20-10-4-8-19-9-5-11-23-22(19)20/h3-11,14H,12-13,15-16H2,1-2H3. The lowest BCUT2D eigenvalue weighted by Crippen LogP contribution is -2.24. The van der Waals surface area contributed by atoms with Crippen molar-refractivity contribution in [2.24, 2.45) is 0 Å². The Labute approximate surface area is 159 Å². The van der Waals surface area contributed by atoms with Crippen molar-refractivity contribution in [3.63, 3.8) is 0 Å². The Morgan fingerprint density at radius 2 is 1.85 bits per heavy atom. The number of pyridine rings is 1. The van der Waals surface area contributed by atoms with E-state index in [1.807, 2.05) is 48.5 Å². The third kappa shape index (κ3) is 5.28. The fourth-order valence-corrected chi connectivity index (χ4v) is 2.97. The number of likely N-dealkylation sites (N-methyl/N-ethyl adjacent to an activating group) is 1. The Bertz CT molecular complexity index is 905. The van der Waals surface area contributed by atoms with Crippen LogP contribution in [-0.4, -0.2) is 43.2 Å². The van der Waals surface area contributed by atoms with Crippen LogP contribution in [0.5, 0.6) is 5.75 Å². The molecule has 5 heteroatoms. The SMILES string of the molecule is COC(=O)Cc1cccc(CN(C)CCOc2cccc3cccnc23)c1. The van der Waals surface area contributed by atoms with Crippen LogP contribution >= 0.6 is 0 Å². The molecule has 0 amide bonds. The van der Waals surface area contributed by atoms with E-state index in [0.717, 1.165) is 40.9 Å². The lowest BCUT2D eigenvalue weighted by molar-refractivity contribution is -0.139. The summed E-state index contributed by atoms with van der Waals surface area (Å²) >= 11 is 0. The van der Waals surface area contributed by atoms with Gasteiger partial charge in [0.05, 0.1) is 13.5 Å². The normalized spacial score (nSPS) is 10.9. The van der Waals surface area contributed by atoms with Crippen LogP contribution in [-0.2, 0) is 22.5 Å². The molecule has 0 atom stereocenters. The maximum atomic E-state index is 11.4. The van der Waals surface area contributed by atoms with Gasteiger partial charge in [0, 0.05) is 24.7 Å². The van der Waals surface area contributed by atoms with E-state index in [-0.39, 0.29) is 5.97 Å². The molecular formula is C22H24N2O3. The minimum atomic E-state index is -0.224. The second kappa shape index (κ2) is 9.14. The van der Waals surface area contributed by atoms with Crippen LogP contribution in [0, 0.1) is 0 Å². The summed E-state index contributed by atoms with van der Waals surface area (Å²) in [6.07, 6.45) is 2.08. The first-order chi connectivity index (χ1) is 13.2. The highest BCUT2D eigenvalue weighted by molar-refractivity contribution is 5.84. The van der Waals surface area contributed by atoms with Crippen LogP contribution in [0.3, 0.4) is 0 Å². The first kappa shape index (κ1) is 18.9. The van der Waals surface area contributed by atoms with Gasteiger partial charge in [-0.2, -0.15) is 0 Å². The minimum Gasteiger partial charge on any atom is -0.490 e. The summed E-state index contributed by atoms with van der Waals surface area (Å²) in [4.78, 5) is 18.0. The molecule has 140 valence electrons. The number of esters is 1. The topological polar surface area (TPSA) is 51.7 Å². The van der Waals surface area contributed by atoms with Gasteiger partial charge in [0.2, 0.25) is 0 Å². The number of aromatic nitrogens is 1. The molecule has 0 saturated heterocycles. The van der Waals surface area contributed by atoms with E-state index in [4.69, 9.17) is 9.47 Å². The highest BCUT2D eigenvalue weighted by atomic mass is 16.5. The molecule has 5 nitrogen and oxygen atoms in total. The van der Waals surface area contributed by atoms with Gasteiger partial charge in [0.15, 0.2) is 0 Å². The summed E-state index contributed by atoms with van der Waals surface area (Å²) in [5.41, 5.74) is 3.01. The van der Waals surface area contributed by atoms with E-state index in [1.165, 1.54) is 7.11 Å². The molecule has 0 radical (unpaired) electrons. The Morgan fingerprint density at radius 1 is 1.07 bits per heavy atom. The van der Waals surface area contributed by atoms with E-state index >= 15 is 0 Å². The van der Waals surface area contributed by atoms with Gasteiger partial charge in [0.1, 0.15) is 17.9 Å². The number of para-hydroxylation sites is 1. The Balaban J connectivity index is 1.53. The molecule has 3 rings (SSSR count). The van der Waals surface area contributed by atoms with Crippen molar-refractivity contribution in [2.75, 3.05) is 27.3 Å². The summed E-state index contributed by atoms with van der Waals surface area (Å²) in [5, 5.41) is 1.07. The highest BCUT2D eigenvalue weighted by Gasteiger charge is 2.07. The molecule has 0 saturated carbocycles. The molecule has 0 aliphatic rings. The largest absolute Gasteiger partial charge is 0.490 e. The number of hydrogen-bond donors (Lipinski definition) is 0. The predicted molar refractivity (Wildman–Crippen MR) is 106 cm³/mol. The molecule has 0 spiro atoms. The zero-order chi connectivity index (χ0) is 19.1. The molecule has 0 unspecified atom stereocenters. The Morgan fingerprint density at radius 3 is 2.70 bits per heavy atom. The van der Waals surface area contributed by atoms with E-state index in [2.05, 4.69) is 23.0 Å². The van der Waals surface area contributed by atoms with Gasteiger partial charge in [-0.25, -0.2) is 0 Å². The molecular weight excluding hydrogens is 340 g/mol. The zero-order valence-corrected chi connectivity index (χ0v) is 15.7. The van der Waals surface area contributed by atoms with Crippen LogP contribution in [0.25, 0.3) is 10.9 Å². The molecule has 0 bridgehead atoms. The Kier molecular flexibility index (Phi) is 6.39. The number of nitrogens with zero attached hydrogens (tertiary/aromatic N) is 2. The molecule has 3 aromatic rings. The fraction of sp³-hybridized carbons (Fsp3) is 0.273. The van der Waals surface area contributed by atoms with E-state index in [9.17, 15) is 4.79 Å². The quantitative estimate of drug-likeness (QED) is 0.573. The monoisotopic (exact) mass is 364 g/mol. The second-order valence-corrected chi connectivity index (χ2v) is 6.49. The first-order valence-corrected chi connectivity index (χ1v) is 8.95. The molecule has 0 aliphatic heterocycles. The zero-order valence-electron chi connectivity index (χ0n) is 15.7. The van der Waals surface area contributed by atoms with E-state index in [1.54, 1.807) is 6.20 Å². The van der Waals surface area contributed by atoms with Gasteiger partial charge in [-0.1, -0.05) is 42.5 Å². The van der Waals surface area contributed by atoms with Crippen molar-refractivity contribution in [1.29, 1.82) is 0 Å². The van der Waals surface area contributed by atoms with Gasteiger partial charge in [-0.3, -0.25) is 14.7 Å². The maximum absolute atomic E-state index is 11.4. The molecule has 0 aliphatic carbocycles. The average Bonchev–Trinajstić information content (AvgIpc) is 2.68. The number of hydrogen-bond acceptors (Lipinski definition) is 5. The van der Waals surface area contributed by atoms with Crippen molar-refractivity contribution >= 4 is 16.9 Å². The third-order valence-corrected chi connectivity index (χ3v) is 4.35. The number of methoxy groups -OCH3 is 1. The summed E-state index contributed by atoms with van der Waals surface area (Å²) in [6, 6.07) is 17.9. The van der Waals surface area contributed by atoms with Gasteiger partial charge in [-0.05, 0) is 30.3 Å². The predicted octanol–water partition coefficient (Wildman–Crippen LogP) is 3.46. The van der Waals surface area contributed by atoms with Crippen molar-refractivity contribution < 1.29 is 14.3 Å². The number of fused-ring (bicyclic) bond motifs is 1. The lowest BCUT2D eigenvalue weighted by Gasteiger charge is -2.18. The molecule has 1 heterocycles. The van der Waals surface area contributed by atoms with Crippen molar-refractivity contribution in [3.05, 3.63) is 71.9 Å². The first-order valence-electron chi connectivity index (χ1n) is 8.95. The van der Waals surface area contributed by atoms with Crippen LogP contribution in [0.4, 0.5) is 0 Å². The fourth-order valence-electron chi connectivity index (χ4n) is 2.97. The van der Waals surface area contributed by atoms with Crippen LogP contribution in [0.15, 0.2) is 60.8 Å². The second-order valence-electron chi connectivity index (χ2n) is 6.49. The van der Waals surface area contributed by atoms with Gasteiger partial charge >= 0.3 is 5.97 Å². The van der Waals surface area contributed by atoms with Crippen molar-refractivity contribution in [3.8, 4) is 5.75 Å². The number of carbonyl (C=O) groups is 1. The summed E-state index contributed by atoms with van der Waals surface area (Å²) in [6.45, 7) is 2.14. The molecule has 1 aromatic heterocycles. The van der Waals surface area contributed by atoms with Crippen LogP contribution in [0.2, 0.25) is 0 Å². The lowest BCUT2D eigenvalue weighted by atomic mass is 10.1. The Hall–Kier alpha value is -2.92. The maximum Gasteiger partial charge on any atom is 0.309 e. The number of rotatable bonds is 8. The van der Waals surface area contributed by atoms with Crippen molar-refractivity contribution in [2.45, 2.75) is 13.0 Å². The number of carbonyl (C=O) groups excluding carboxylic acids is 1. The van der Waals surface area contributed by atoms with E-state index < -0.39 is 0 Å². The summed E-state index contributed by atoms with van der Waals surface area (Å²) in [7, 11) is 3.46. The summed E-state index contributed by atoms with van der Waals surface area (Å²) < 4.78 is 10.7. The van der Waals surface area contributed by atoms with E-state index in [0.29, 0.717) is 13.0 Å². The van der Waals surface area contributed by atoms with Gasteiger partial charge in [-0.15, -0.1) is 0 Å². The average molecular weight is 364 g/mol. The molecule has 27 heavy (non-hydrogen) atoms. The summed E-state index contributed by atoms with van der Waals surface area (Å²) in [5.74, 6) is 0.583. The number of ether oxygens (including phenoxy) is 2. The smallest absolute Gasteiger partial charge is 0.309 e. The molecule has 0 N–H and O–H groups in total. The van der Waals surface area contributed by atoms with Crippen LogP contribution in [0.1, 0.15) is 11.1 Å². The highest BCUT2D eigenvalue weighted by Crippen LogP contribution is 2.22. The molecule has 2 aromatic carbocycles. The number of benzene rings is 2.